The van der Waals surface area contributed by atoms with Crippen LogP contribution >= 0.6 is 15.9 Å². The summed E-state index contributed by atoms with van der Waals surface area (Å²) in [6.45, 7) is 5.58. The molecule has 1 saturated heterocycles. The lowest BCUT2D eigenvalue weighted by Crippen LogP contribution is -2.48. The summed E-state index contributed by atoms with van der Waals surface area (Å²) >= 11 is 3.36. The summed E-state index contributed by atoms with van der Waals surface area (Å²) in [4.78, 5) is 20.8. The number of carbonyl (C=O) groups excluding carboxylic acids is 1. The fourth-order valence-electron chi connectivity index (χ4n) is 2.86. The Morgan fingerprint density at radius 3 is 2.67 bits per heavy atom. The summed E-state index contributed by atoms with van der Waals surface area (Å²) in [6.07, 6.45) is 3.29. The molecule has 1 aromatic carbocycles. The second-order valence-corrected chi connectivity index (χ2v) is 6.49. The van der Waals surface area contributed by atoms with Crippen LogP contribution in [0.3, 0.4) is 0 Å². The number of rotatable bonds is 4. The molecule has 0 unspecified atom stereocenters. The third kappa shape index (κ3) is 3.70. The molecule has 1 aliphatic rings. The highest BCUT2D eigenvalue weighted by atomic mass is 79.9. The van der Waals surface area contributed by atoms with E-state index in [1.54, 1.807) is 12.4 Å². The largest absolute Gasteiger partial charge is 0.492 e. The van der Waals surface area contributed by atoms with Crippen molar-refractivity contribution in [3.05, 3.63) is 52.8 Å². The molecule has 1 fully saturated rings. The highest BCUT2D eigenvalue weighted by molar-refractivity contribution is 9.10. The van der Waals surface area contributed by atoms with Gasteiger partial charge in [-0.05, 0) is 41.1 Å². The number of nitrogens with zero attached hydrogens (tertiary/aromatic N) is 3. The first kappa shape index (κ1) is 16.8. The average Bonchev–Trinajstić information content (AvgIpc) is 2.62. The first-order chi connectivity index (χ1) is 11.7. The number of para-hydroxylation sites is 2. The molecule has 24 heavy (non-hydrogen) atoms. The Balaban J connectivity index is 1.67. The van der Waals surface area contributed by atoms with Crippen LogP contribution in [0.15, 0.2) is 47.2 Å². The quantitative estimate of drug-likeness (QED) is 0.805. The van der Waals surface area contributed by atoms with Crippen molar-refractivity contribution in [2.24, 2.45) is 0 Å². The van der Waals surface area contributed by atoms with Crippen molar-refractivity contribution in [1.82, 2.24) is 9.88 Å². The first-order valence-electron chi connectivity index (χ1n) is 8.05. The van der Waals surface area contributed by atoms with Crippen LogP contribution in [-0.2, 0) is 0 Å². The zero-order chi connectivity index (χ0) is 16.9. The molecule has 6 heteroatoms. The minimum atomic E-state index is 0.0292. The monoisotopic (exact) mass is 389 g/mol. The number of ether oxygens (including phenoxy) is 1. The van der Waals surface area contributed by atoms with E-state index in [-0.39, 0.29) is 5.91 Å². The molecule has 0 radical (unpaired) electrons. The number of anilines is 1. The molecular weight excluding hydrogens is 370 g/mol. The van der Waals surface area contributed by atoms with E-state index in [2.05, 4.69) is 31.9 Å². The van der Waals surface area contributed by atoms with Gasteiger partial charge >= 0.3 is 0 Å². The fraction of sp³-hybridized carbons (Fsp3) is 0.333. The smallest absolute Gasteiger partial charge is 0.255 e. The highest BCUT2D eigenvalue weighted by Gasteiger charge is 2.24. The van der Waals surface area contributed by atoms with Gasteiger partial charge in [-0.25, -0.2) is 0 Å². The minimum absolute atomic E-state index is 0.0292. The third-order valence-corrected chi connectivity index (χ3v) is 4.46. The summed E-state index contributed by atoms with van der Waals surface area (Å²) in [5, 5.41) is 0. The van der Waals surface area contributed by atoms with Gasteiger partial charge in [-0.15, -0.1) is 0 Å². The van der Waals surface area contributed by atoms with Crippen molar-refractivity contribution in [3.8, 4) is 5.75 Å². The van der Waals surface area contributed by atoms with Gasteiger partial charge in [0.2, 0.25) is 0 Å². The van der Waals surface area contributed by atoms with Crippen LogP contribution in [0.2, 0.25) is 0 Å². The summed E-state index contributed by atoms with van der Waals surface area (Å²) in [7, 11) is 0. The van der Waals surface area contributed by atoms with Crippen LogP contribution in [0.25, 0.3) is 0 Å². The van der Waals surface area contributed by atoms with Gasteiger partial charge in [0.05, 0.1) is 17.9 Å². The maximum atomic E-state index is 12.6. The van der Waals surface area contributed by atoms with E-state index < -0.39 is 0 Å². The van der Waals surface area contributed by atoms with Crippen molar-refractivity contribution in [1.29, 1.82) is 0 Å². The molecule has 1 amide bonds. The molecule has 0 spiro atoms. The molecule has 1 aromatic heterocycles. The van der Waals surface area contributed by atoms with Gasteiger partial charge in [0.1, 0.15) is 5.75 Å². The molecule has 126 valence electrons. The van der Waals surface area contributed by atoms with E-state index in [1.165, 1.54) is 0 Å². The summed E-state index contributed by atoms with van der Waals surface area (Å²) in [5.41, 5.74) is 1.71. The van der Waals surface area contributed by atoms with E-state index >= 15 is 0 Å². The maximum Gasteiger partial charge on any atom is 0.255 e. The Morgan fingerprint density at radius 1 is 1.21 bits per heavy atom. The van der Waals surface area contributed by atoms with Gasteiger partial charge < -0.3 is 14.5 Å². The molecule has 5 nitrogen and oxygen atoms in total. The number of carbonyl (C=O) groups is 1. The van der Waals surface area contributed by atoms with E-state index in [0.717, 1.165) is 29.0 Å². The van der Waals surface area contributed by atoms with Crippen molar-refractivity contribution in [3.63, 3.8) is 0 Å². The molecule has 2 heterocycles. The van der Waals surface area contributed by atoms with Crippen molar-refractivity contribution in [2.45, 2.75) is 6.92 Å². The normalized spacial score (nSPS) is 14.6. The standard InChI is InChI=1S/C18H20BrN3O2/c1-2-24-17-6-4-3-5-16(17)21-7-9-22(10-8-21)18(23)14-11-15(19)13-20-12-14/h3-6,11-13H,2,7-10H2,1H3. The fourth-order valence-corrected chi connectivity index (χ4v) is 3.22. The van der Waals surface area contributed by atoms with Crippen molar-refractivity contribution >= 4 is 27.5 Å². The van der Waals surface area contributed by atoms with Crippen LogP contribution in [0.1, 0.15) is 17.3 Å². The van der Waals surface area contributed by atoms with Gasteiger partial charge in [0, 0.05) is 43.0 Å². The van der Waals surface area contributed by atoms with Gasteiger partial charge in [0.25, 0.3) is 5.91 Å². The predicted octanol–water partition coefficient (Wildman–Crippen LogP) is 3.21. The number of halogens is 1. The number of piperazine rings is 1. The number of benzene rings is 1. The first-order valence-corrected chi connectivity index (χ1v) is 8.85. The lowest BCUT2D eigenvalue weighted by atomic mass is 10.2. The second-order valence-electron chi connectivity index (χ2n) is 5.57. The number of amides is 1. The van der Waals surface area contributed by atoms with Gasteiger partial charge in [0.15, 0.2) is 0 Å². The molecule has 3 rings (SSSR count). The Bertz CT molecular complexity index is 715. The average molecular weight is 390 g/mol. The number of pyridine rings is 1. The van der Waals surface area contributed by atoms with E-state index in [4.69, 9.17) is 4.74 Å². The molecule has 0 aliphatic carbocycles. The van der Waals surface area contributed by atoms with Crippen molar-refractivity contribution in [2.75, 3.05) is 37.7 Å². The van der Waals surface area contributed by atoms with E-state index in [0.29, 0.717) is 25.3 Å². The minimum Gasteiger partial charge on any atom is -0.492 e. The van der Waals surface area contributed by atoms with Gasteiger partial charge in [-0.1, -0.05) is 12.1 Å². The Hall–Kier alpha value is -2.08. The molecule has 0 saturated carbocycles. The van der Waals surface area contributed by atoms with Crippen LogP contribution in [0.4, 0.5) is 5.69 Å². The topological polar surface area (TPSA) is 45.7 Å². The molecule has 0 atom stereocenters. The van der Waals surface area contributed by atoms with Gasteiger partial charge in [-0.2, -0.15) is 0 Å². The predicted molar refractivity (Wildman–Crippen MR) is 97.7 cm³/mol. The van der Waals surface area contributed by atoms with Crippen LogP contribution in [0.5, 0.6) is 5.75 Å². The second kappa shape index (κ2) is 7.66. The Morgan fingerprint density at radius 2 is 1.96 bits per heavy atom. The maximum absolute atomic E-state index is 12.6. The lowest BCUT2D eigenvalue weighted by Gasteiger charge is -2.36. The van der Waals surface area contributed by atoms with Gasteiger partial charge in [-0.3, -0.25) is 9.78 Å². The Kier molecular flexibility index (Phi) is 5.35. The summed E-state index contributed by atoms with van der Waals surface area (Å²) < 4.78 is 6.53. The van der Waals surface area contributed by atoms with Crippen LogP contribution < -0.4 is 9.64 Å². The van der Waals surface area contributed by atoms with E-state index in [9.17, 15) is 4.79 Å². The van der Waals surface area contributed by atoms with Crippen molar-refractivity contribution < 1.29 is 9.53 Å². The number of hydrogen-bond donors (Lipinski definition) is 0. The Labute approximate surface area is 150 Å². The van der Waals surface area contributed by atoms with Crippen LogP contribution in [0, 0.1) is 0 Å². The summed E-state index contributed by atoms with van der Waals surface area (Å²) in [5.74, 6) is 0.928. The lowest BCUT2D eigenvalue weighted by molar-refractivity contribution is 0.0746. The third-order valence-electron chi connectivity index (χ3n) is 4.02. The zero-order valence-corrected chi connectivity index (χ0v) is 15.2. The molecular formula is C18H20BrN3O2. The molecule has 1 aliphatic heterocycles. The highest BCUT2D eigenvalue weighted by Crippen LogP contribution is 2.29. The molecule has 0 N–H and O–H groups in total. The number of hydrogen-bond acceptors (Lipinski definition) is 4. The van der Waals surface area contributed by atoms with E-state index in [1.807, 2.05) is 36.1 Å². The number of aromatic nitrogens is 1. The molecule has 0 bridgehead atoms. The summed E-state index contributed by atoms with van der Waals surface area (Å²) in [6, 6.07) is 9.87. The SMILES string of the molecule is CCOc1ccccc1N1CCN(C(=O)c2cncc(Br)c2)CC1. The zero-order valence-electron chi connectivity index (χ0n) is 13.6. The molecule has 2 aromatic rings. The van der Waals surface area contributed by atoms with Crippen LogP contribution in [-0.4, -0.2) is 48.6 Å².